The largest absolute Gasteiger partial charge is 0.339 e. The minimum atomic E-state index is -0.170. The minimum absolute atomic E-state index is 0.0232. The van der Waals surface area contributed by atoms with Crippen LogP contribution in [0.4, 0.5) is 0 Å². The smallest absolute Gasteiger partial charge is 0.326 e. The van der Waals surface area contributed by atoms with Gasteiger partial charge in [-0.15, -0.1) is 0 Å². The van der Waals surface area contributed by atoms with Crippen LogP contribution >= 0.6 is 0 Å². The van der Waals surface area contributed by atoms with Gasteiger partial charge in [-0.05, 0) is 37.1 Å². The number of benzene rings is 1. The van der Waals surface area contributed by atoms with Gasteiger partial charge in [0.1, 0.15) is 0 Å². The summed E-state index contributed by atoms with van der Waals surface area (Å²) in [4.78, 5) is 29.2. The SMILES string of the molecule is Cn1nccc1C1CCN(C(=O)c2ccc3c(c2)[nH]c(=O)n3C)CC1. The Morgan fingerprint density at radius 2 is 1.96 bits per heavy atom. The number of rotatable bonds is 2. The van der Waals surface area contributed by atoms with Gasteiger partial charge < -0.3 is 9.88 Å². The highest BCUT2D eigenvalue weighted by Crippen LogP contribution is 2.28. The van der Waals surface area contributed by atoms with Gasteiger partial charge in [-0.2, -0.15) is 5.10 Å². The summed E-state index contributed by atoms with van der Waals surface area (Å²) in [6.07, 6.45) is 3.70. The number of amides is 1. The molecule has 1 N–H and O–H groups in total. The lowest BCUT2D eigenvalue weighted by molar-refractivity contribution is 0.0711. The number of imidazole rings is 1. The van der Waals surface area contributed by atoms with Gasteiger partial charge in [-0.25, -0.2) is 4.79 Å². The van der Waals surface area contributed by atoms with E-state index < -0.39 is 0 Å². The third kappa shape index (κ3) is 2.65. The molecule has 0 unspecified atom stereocenters. The van der Waals surface area contributed by atoms with Crippen LogP contribution in [0.1, 0.15) is 34.8 Å². The second-order valence-electron chi connectivity index (χ2n) is 6.67. The summed E-state index contributed by atoms with van der Waals surface area (Å²) >= 11 is 0. The molecule has 1 fully saturated rings. The van der Waals surface area contributed by atoms with Crippen molar-refractivity contribution in [2.24, 2.45) is 14.1 Å². The van der Waals surface area contributed by atoms with Crippen molar-refractivity contribution in [2.45, 2.75) is 18.8 Å². The van der Waals surface area contributed by atoms with Crippen molar-refractivity contribution in [1.82, 2.24) is 24.2 Å². The molecule has 130 valence electrons. The number of hydrogen-bond donors (Lipinski definition) is 1. The van der Waals surface area contributed by atoms with Gasteiger partial charge in [0, 0.05) is 50.6 Å². The van der Waals surface area contributed by atoms with Gasteiger partial charge in [-0.3, -0.25) is 14.0 Å². The molecule has 7 heteroatoms. The first-order valence-electron chi connectivity index (χ1n) is 8.50. The first-order chi connectivity index (χ1) is 12.0. The van der Waals surface area contributed by atoms with Crippen LogP contribution in [0.25, 0.3) is 11.0 Å². The molecule has 1 amide bonds. The molecule has 0 spiro atoms. The van der Waals surface area contributed by atoms with Crippen LogP contribution in [0.2, 0.25) is 0 Å². The van der Waals surface area contributed by atoms with E-state index in [2.05, 4.69) is 16.1 Å². The van der Waals surface area contributed by atoms with Crippen LogP contribution in [0.15, 0.2) is 35.3 Å². The Kier molecular flexibility index (Phi) is 3.71. The summed E-state index contributed by atoms with van der Waals surface area (Å²) in [5.41, 5.74) is 3.18. The van der Waals surface area contributed by atoms with Gasteiger partial charge in [-0.1, -0.05) is 0 Å². The average Bonchev–Trinajstić information content (AvgIpc) is 3.17. The van der Waals surface area contributed by atoms with E-state index in [4.69, 9.17) is 0 Å². The number of fused-ring (bicyclic) bond motifs is 1. The van der Waals surface area contributed by atoms with Crippen molar-refractivity contribution in [1.29, 1.82) is 0 Å². The van der Waals surface area contributed by atoms with Crippen LogP contribution in [0, 0.1) is 0 Å². The second-order valence-corrected chi connectivity index (χ2v) is 6.67. The highest BCUT2D eigenvalue weighted by molar-refractivity contribution is 5.97. The van der Waals surface area contributed by atoms with Crippen LogP contribution in [0.3, 0.4) is 0 Å². The summed E-state index contributed by atoms with van der Waals surface area (Å²) in [5.74, 6) is 0.472. The zero-order chi connectivity index (χ0) is 17.6. The molecule has 0 radical (unpaired) electrons. The van der Waals surface area contributed by atoms with E-state index >= 15 is 0 Å². The van der Waals surface area contributed by atoms with Crippen molar-refractivity contribution >= 4 is 16.9 Å². The van der Waals surface area contributed by atoms with E-state index in [9.17, 15) is 9.59 Å². The quantitative estimate of drug-likeness (QED) is 0.771. The van der Waals surface area contributed by atoms with E-state index in [-0.39, 0.29) is 11.6 Å². The Morgan fingerprint density at radius 3 is 2.64 bits per heavy atom. The Morgan fingerprint density at radius 1 is 1.20 bits per heavy atom. The maximum Gasteiger partial charge on any atom is 0.326 e. The lowest BCUT2D eigenvalue weighted by Gasteiger charge is -2.32. The molecular weight excluding hydrogens is 318 g/mol. The lowest BCUT2D eigenvalue weighted by Crippen LogP contribution is -2.38. The summed E-state index contributed by atoms with van der Waals surface area (Å²) in [7, 11) is 3.68. The molecule has 0 atom stereocenters. The van der Waals surface area contributed by atoms with E-state index in [1.165, 1.54) is 5.69 Å². The van der Waals surface area contributed by atoms with E-state index in [0.717, 1.165) is 31.4 Å². The number of carbonyl (C=O) groups excluding carboxylic acids is 1. The van der Waals surface area contributed by atoms with Crippen LogP contribution in [-0.4, -0.2) is 43.2 Å². The van der Waals surface area contributed by atoms with Crippen LogP contribution < -0.4 is 5.69 Å². The topological polar surface area (TPSA) is 75.9 Å². The van der Waals surface area contributed by atoms with Crippen molar-refractivity contribution < 1.29 is 4.79 Å². The third-order valence-electron chi connectivity index (χ3n) is 5.21. The molecule has 0 aliphatic carbocycles. The minimum Gasteiger partial charge on any atom is -0.339 e. The average molecular weight is 339 g/mol. The first kappa shape index (κ1) is 15.7. The summed E-state index contributed by atoms with van der Waals surface area (Å²) in [5, 5.41) is 4.24. The zero-order valence-corrected chi connectivity index (χ0v) is 14.4. The third-order valence-corrected chi connectivity index (χ3v) is 5.21. The van der Waals surface area contributed by atoms with Crippen molar-refractivity contribution in [2.75, 3.05) is 13.1 Å². The monoisotopic (exact) mass is 339 g/mol. The summed E-state index contributed by atoms with van der Waals surface area (Å²) in [6.45, 7) is 1.47. The number of aromatic amines is 1. The number of aryl methyl sites for hydroxylation is 2. The number of hydrogen-bond acceptors (Lipinski definition) is 3. The van der Waals surface area contributed by atoms with E-state index in [0.29, 0.717) is 17.0 Å². The maximum atomic E-state index is 12.8. The predicted molar refractivity (Wildman–Crippen MR) is 94.6 cm³/mol. The number of carbonyl (C=O) groups is 1. The number of piperidine rings is 1. The Bertz CT molecular complexity index is 988. The number of nitrogens with one attached hydrogen (secondary N) is 1. The standard InChI is InChI=1S/C18H21N5O2/c1-21-16-4-3-13(11-14(16)20-18(21)25)17(24)23-9-6-12(7-10-23)15-5-8-19-22(15)2/h3-5,8,11-12H,6-7,9-10H2,1-2H3,(H,20,25). The Labute approximate surface area is 144 Å². The molecule has 7 nitrogen and oxygen atoms in total. The van der Waals surface area contributed by atoms with Crippen LogP contribution in [-0.2, 0) is 14.1 Å². The molecule has 1 aliphatic heterocycles. The molecule has 4 rings (SSSR count). The molecule has 1 aliphatic rings. The van der Waals surface area contributed by atoms with Crippen molar-refractivity contribution in [3.8, 4) is 0 Å². The highest BCUT2D eigenvalue weighted by Gasteiger charge is 2.26. The van der Waals surface area contributed by atoms with E-state index in [1.807, 2.05) is 28.9 Å². The Balaban J connectivity index is 1.50. The molecule has 3 heterocycles. The van der Waals surface area contributed by atoms with Gasteiger partial charge in [0.25, 0.3) is 5.91 Å². The first-order valence-corrected chi connectivity index (χ1v) is 8.50. The fraction of sp³-hybridized carbons (Fsp3) is 0.389. The number of likely N-dealkylation sites (tertiary alicyclic amines) is 1. The molecule has 0 bridgehead atoms. The Hall–Kier alpha value is -2.83. The fourth-order valence-corrected chi connectivity index (χ4v) is 3.72. The fourth-order valence-electron chi connectivity index (χ4n) is 3.72. The van der Waals surface area contributed by atoms with Gasteiger partial charge >= 0.3 is 5.69 Å². The van der Waals surface area contributed by atoms with Gasteiger partial charge in [0.05, 0.1) is 11.0 Å². The molecule has 2 aromatic heterocycles. The summed E-state index contributed by atoms with van der Waals surface area (Å²) < 4.78 is 3.46. The predicted octanol–water partition coefficient (Wildman–Crippen LogP) is 1.62. The molecular formula is C18H21N5O2. The maximum absolute atomic E-state index is 12.8. The molecule has 3 aromatic rings. The van der Waals surface area contributed by atoms with Gasteiger partial charge in [0.2, 0.25) is 0 Å². The normalized spacial score (nSPS) is 15.8. The number of nitrogens with zero attached hydrogens (tertiary/aromatic N) is 4. The van der Waals surface area contributed by atoms with Crippen molar-refractivity contribution in [3.63, 3.8) is 0 Å². The molecule has 0 saturated carbocycles. The van der Waals surface area contributed by atoms with Gasteiger partial charge in [0.15, 0.2) is 0 Å². The highest BCUT2D eigenvalue weighted by atomic mass is 16.2. The number of aromatic nitrogens is 4. The van der Waals surface area contributed by atoms with Crippen molar-refractivity contribution in [3.05, 3.63) is 52.2 Å². The zero-order valence-electron chi connectivity index (χ0n) is 14.4. The number of H-pyrrole nitrogens is 1. The molecule has 1 aromatic carbocycles. The van der Waals surface area contributed by atoms with E-state index in [1.54, 1.807) is 23.7 Å². The van der Waals surface area contributed by atoms with Crippen LogP contribution in [0.5, 0.6) is 0 Å². The lowest BCUT2D eigenvalue weighted by atomic mass is 9.93. The second kappa shape index (κ2) is 5.91. The molecule has 25 heavy (non-hydrogen) atoms. The molecule has 1 saturated heterocycles. The summed E-state index contributed by atoms with van der Waals surface area (Å²) in [6, 6.07) is 7.45.